The summed E-state index contributed by atoms with van der Waals surface area (Å²) in [6.45, 7) is 2.34. The highest BCUT2D eigenvalue weighted by Crippen LogP contribution is 2.23. The maximum atomic E-state index is 12.1. The van der Waals surface area contributed by atoms with E-state index in [1.54, 1.807) is 12.1 Å². The summed E-state index contributed by atoms with van der Waals surface area (Å²) in [7, 11) is 0. The van der Waals surface area contributed by atoms with Crippen LogP contribution in [0, 0.1) is 5.92 Å². The van der Waals surface area contributed by atoms with Crippen molar-refractivity contribution in [1.29, 1.82) is 0 Å². The fraction of sp³-hybridized carbons (Fsp3) is 0.500. The number of aromatic nitrogens is 4. The monoisotopic (exact) mass is 333 g/mol. The van der Waals surface area contributed by atoms with Gasteiger partial charge < -0.3 is 5.32 Å². The minimum absolute atomic E-state index is 0.0698. The minimum Gasteiger partial charge on any atom is -0.352 e. The molecule has 0 spiro atoms. The molecule has 6 nitrogen and oxygen atoms in total. The largest absolute Gasteiger partial charge is 0.352 e. The Morgan fingerprint density at radius 2 is 2.13 bits per heavy atom. The molecule has 1 fully saturated rings. The van der Waals surface area contributed by atoms with Gasteiger partial charge in [0, 0.05) is 16.6 Å². The summed E-state index contributed by atoms with van der Waals surface area (Å²) in [4.78, 5) is 13.4. The van der Waals surface area contributed by atoms with Gasteiger partial charge in [0.05, 0.1) is 0 Å². The zero-order valence-corrected chi connectivity index (χ0v) is 13.8. The van der Waals surface area contributed by atoms with Gasteiger partial charge in [-0.2, -0.15) is 4.80 Å². The molecular weight excluding hydrogens is 314 g/mol. The van der Waals surface area contributed by atoms with E-state index in [1.807, 2.05) is 12.1 Å². The molecule has 0 bridgehead atoms. The maximum Gasteiger partial charge on any atom is 0.243 e. The second-order valence-electron chi connectivity index (χ2n) is 6.18. The van der Waals surface area contributed by atoms with E-state index in [0.717, 1.165) is 24.3 Å². The highest BCUT2D eigenvalue weighted by Gasteiger charge is 2.20. The molecule has 1 aliphatic carbocycles. The maximum absolute atomic E-state index is 12.1. The van der Waals surface area contributed by atoms with Gasteiger partial charge in [0.1, 0.15) is 6.54 Å². The van der Waals surface area contributed by atoms with Gasteiger partial charge in [-0.05, 0) is 48.9 Å². The Labute approximate surface area is 140 Å². The van der Waals surface area contributed by atoms with Gasteiger partial charge in [-0.15, -0.1) is 10.2 Å². The van der Waals surface area contributed by atoms with Crippen molar-refractivity contribution in [2.75, 3.05) is 0 Å². The van der Waals surface area contributed by atoms with Crippen LogP contribution in [0.4, 0.5) is 0 Å². The topological polar surface area (TPSA) is 72.7 Å². The third-order valence-electron chi connectivity index (χ3n) is 4.20. The Kier molecular flexibility index (Phi) is 4.91. The molecule has 1 amide bonds. The van der Waals surface area contributed by atoms with Gasteiger partial charge in [-0.3, -0.25) is 4.79 Å². The lowest BCUT2D eigenvalue weighted by atomic mass is 9.87. The summed E-state index contributed by atoms with van der Waals surface area (Å²) in [5, 5.41) is 15.8. The first-order chi connectivity index (χ1) is 11.1. The van der Waals surface area contributed by atoms with Gasteiger partial charge in [0.15, 0.2) is 0 Å². The molecule has 1 aromatic heterocycles. The molecule has 0 radical (unpaired) electrons. The molecular formula is C16H20ClN5O. The van der Waals surface area contributed by atoms with E-state index in [-0.39, 0.29) is 18.5 Å². The predicted octanol–water partition coefficient (Wildman–Crippen LogP) is 2.69. The smallest absolute Gasteiger partial charge is 0.243 e. The predicted molar refractivity (Wildman–Crippen MR) is 87.8 cm³/mol. The number of halogens is 1. The van der Waals surface area contributed by atoms with Crippen molar-refractivity contribution >= 4 is 17.5 Å². The van der Waals surface area contributed by atoms with Crippen molar-refractivity contribution in [3.63, 3.8) is 0 Å². The van der Waals surface area contributed by atoms with Crippen molar-refractivity contribution < 1.29 is 4.79 Å². The highest BCUT2D eigenvalue weighted by atomic mass is 35.5. The molecule has 0 aliphatic heterocycles. The number of carbonyl (C=O) groups is 1. The number of hydrogen-bond donors (Lipinski definition) is 1. The number of carbonyl (C=O) groups excluding carboxylic acids is 1. The van der Waals surface area contributed by atoms with Crippen LogP contribution in [0.15, 0.2) is 24.3 Å². The second-order valence-corrected chi connectivity index (χ2v) is 6.61. The number of tetrazole rings is 1. The van der Waals surface area contributed by atoms with Gasteiger partial charge >= 0.3 is 0 Å². The summed E-state index contributed by atoms with van der Waals surface area (Å²) >= 11 is 5.96. The molecule has 1 saturated carbocycles. The first kappa shape index (κ1) is 15.9. The first-order valence-electron chi connectivity index (χ1n) is 7.93. The summed E-state index contributed by atoms with van der Waals surface area (Å²) < 4.78 is 0. The minimum atomic E-state index is -0.0698. The number of benzene rings is 1. The first-order valence-corrected chi connectivity index (χ1v) is 8.31. The lowest BCUT2D eigenvalue weighted by molar-refractivity contribution is -0.123. The van der Waals surface area contributed by atoms with Crippen LogP contribution in [0.1, 0.15) is 32.6 Å². The molecule has 1 N–H and O–H groups in total. The molecule has 3 rings (SSSR count). The zero-order chi connectivity index (χ0) is 16.2. The SMILES string of the molecule is CC1CCC(NC(=O)Cn2nnc(-c3cccc(Cl)c3)n2)CC1. The lowest BCUT2D eigenvalue weighted by Crippen LogP contribution is -2.39. The van der Waals surface area contributed by atoms with Crippen LogP contribution in [0.5, 0.6) is 0 Å². The summed E-state index contributed by atoms with van der Waals surface area (Å²) in [6, 6.07) is 7.51. The van der Waals surface area contributed by atoms with E-state index in [2.05, 4.69) is 27.7 Å². The Morgan fingerprint density at radius 1 is 1.35 bits per heavy atom. The molecule has 7 heteroatoms. The van der Waals surface area contributed by atoms with E-state index < -0.39 is 0 Å². The second kappa shape index (κ2) is 7.08. The standard InChI is InChI=1S/C16H20ClN5O/c1-11-5-7-14(8-6-11)18-15(23)10-22-20-16(19-21-22)12-3-2-4-13(17)9-12/h2-4,9,11,14H,5-8,10H2,1H3,(H,18,23). The highest BCUT2D eigenvalue weighted by molar-refractivity contribution is 6.30. The van der Waals surface area contributed by atoms with Gasteiger partial charge in [0.25, 0.3) is 0 Å². The Morgan fingerprint density at radius 3 is 2.87 bits per heavy atom. The molecule has 0 atom stereocenters. The number of nitrogens with zero attached hydrogens (tertiary/aromatic N) is 4. The molecule has 0 unspecified atom stereocenters. The van der Waals surface area contributed by atoms with Crippen molar-refractivity contribution in [2.45, 2.75) is 45.2 Å². The lowest BCUT2D eigenvalue weighted by Gasteiger charge is -2.26. The van der Waals surface area contributed by atoms with E-state index in [4.69, 9.17) is 11.6 Å². The zero-order valence-electron chi connectivity index (χ0n) is 13.1. The van der Waals surface area contributed by atoms with Crippen molar-refractivity contribution in [1.82, 2.24) is 25.5 Å². The molecule has 1 aliphatic rings. The normalized spacial score (nSPS) is 21.1. The van der Waals surface area contributed by atoms with E-state index >= 15 is 0 Å². The Bertz CT molecular complexity index is 679. The van der Waals surface area contributed by atoms with Crippen LogP contribution in [0.25, 0.3) is 11.4 Å². The van der Waals surface area contributed by atoms with E-state index in [0.29, 0.717) is 10.8 Å². The van der Waals surface area contributed by atoms with Crippen molar-refractivity contribution in [2.24, 2.45) is 5.92 Å². The fourth-order valence-electron chi connectivity index (χ4n) is 2.86. The molecule has 23 heavy (non-hydrogen) atoms. The van der Waals surface area contributed by atoms with Gasteiger partial charge in [-0.1, -0.05) is 30.7 Å². The van der Waals surface area contributed by atoms with Gasteiger partial charge in [-0.25, -0.2) is 0 Å². The average molecular weight is 334 g/mol. The van der Waals surface area contributed by atoms with Gasteiger partial charge in [0.2, 0.25) is 11.7 Å². The van der Waals surface area contributed by atoms with Crippen LogP contribution in [-0.4, -0.2) is 32.2 Å². The third kappa shape index (κ3) is 4.28. The van der Waals surface area contributed by atoms with Crippen LogP contribution >= 0.6 is 11.6 Å². The fourth-order valence-corrected chi connectivity index (χ4v) is 3.05. The van der Waals surface area contributed by atoms with Crippen molar-refractivity contribution in [3.05, 3.63) is 29.3 Å². The summed E-state index contributed by atoms with van der Waals surface area (Å²) in [5.41, 5.74) is 0.783. The van der Waals surface area contributed by atoms with Crippen LogP contribution in [0.2, 0.25) is 5.02 Å². The van der Waals surface area contributed by atoms with Crippen LogP contribution in [0.3, 0.4) is 0 Å². The molecule has 2 aromatic rings. The van der Waals surface area contributed by atoms with E-state index in [1.165, 1.54) is 17.6 Å². The quantitative estimate of drug-likeness (QED) is 0.933. The number of rotatable bonds is 4. The average Bonchev–Trinajstić information content (AvgIpc) is 2.98. The number of amides is 1. The van der Waals surface area contributed by atoms with Crippen LogP contribution < -0.4 is 5.32 Å². The van der Waals surface area contributed by atoms with Crippen LogP contribution in [-0.2, 0) is 11.3 Å². The molecule has 1 heterocycles. The summed E-state index contributed by atoms with van der Waals surface area (Å²) in [6.07, 6.45) is 4.44. The molecule has 0 saturated heterocycles. The third-order valence-corrected chi connectivity index (χ3v) is 4.44. The number of nitrogens with one attached hydrogen (secondary N) is 1. The van der Waals surface area contributed by atoms with E-state index in [9.17, 15) is 4.79 Å². The van der Waals surface area contributed by atoms with Crippen molar-refractivity contribution in [3.8, 4) is 11.4 Å². The Balaban J connectivity index is 1.57. The Hall–Kier alpha value is -1.95. The molecule has 1 aromatic carbocycles. The molecule has 122 valence electrons. The number of hydrogen-bond acceptors (Lipinski definition) is 4. The summed E-state index contributed by atoms with van der Waals surface area (Å²) in [5.74, 6) is 1.16.